The van der Waals surface area contributed by atoms with Crippen LogP contribution >= 0.6 is 0 Å². The van der Waals surface area contributed by atoms with Gasteiger partial charge in [-0.05, 0) is 31.9 Å². The Balaban J connectivity index is 1.36. The largest absolute Gasteiger partial charge is 0.361 e. The van der Waals surface area contributed by atoms with Crippen LogP contribution in [-0.2, 0) is 24.1 Å². The van der Waals surface area contributed by atoms with Crippen LogP contribution in [-0.4, -0.2) is 31.2 Å². The van der Waals surface area contributed by atoms with Crippen molar-refractivity contribution in [3.63, 3.8) is 0 Å². The van der Waals surface area contributed by atoms with Crippen molar-refractivity contribution in [2.45, 2.75) is 33.1 Å². The number of aromatic nitrogens is 5. The van der Waals surface area contributed by atoms with Gasteiger partial charge in [-0.15, -0.1) is 5.10 Å². The molecule has 0 atom stereocenters. The Morgan fingerprint density at radius 3 is 2.89 bits per heavy atom. The summed E-state index contributed by atoms with van der Waals surface area (Å²) in [7, 11) is 0. The minimum atomic E-state index is -0.202. The molecule has 0 unspecified atom stereocenters. The first-order valence-electron chi connectivity index (χ1n) is 8.78. The molecule has 1 amide bonds. The summed E-state index contributed by atoms with van der Waals surface area (Å²) in [6, 6.07) is 8.19. The Kier molecular flexibility index (Phi) is 4.45. The molecule has 4 rings (SSSR count). The number of nitrogens with one attached hydrogen (secondary N) is 3. The van der Waals surface area contributed by atoms with E-state index in [0.717, 1.165) is 29.0 Å². The van der Waals surface area contributed by atoms with Crippen LogP contribution in [0.2, 0.25) is 0 Å². The van der Waals surface area contributed by atoms with Crippen molar-refractivity contribution >= 4 is 22.8 Å². The molecular weight excluding hydrogens is 344 g/mol. The van der Waals surface area contributed by atoms with Crippen LogP contribution in [0.4, 0.5) is 5.95 Å². The number of nitrogens with zero attached hydrogens (tertiary/aromatic N) is 3. The molecule has 4 aromatic rings. The monoisotopic (exact) mass is 364 g/mol. The molecular formula is C19H20N6O2. The average molecular weight is 364 g/mol. The van der Waals surface area contributed by atoms with Crippen molar-refractivity contribution in [3.8, 4) is 0 Å². The van der Waals surface area contributed by atoms with Crippen molar-refractivity contribution < 1.29 is 9.32 Å². The molecule has 0 aliphatic rings. The number of anilines is 1. The predicted molar refractivity (Wildman–Crippen MR) is 100 cm³/mol. The first-order chi connectivity index (χ1) is 13.1. The van der Waals surface area contributed by atoms with E-state index in [9.17, 15) is 4.79 Å². The second kappa shape index (κ2) is 7.06. The third kappa shape index (κ3) is 3.59. The summed E-state index contributed by atoms with van der Waals surface area (Å²) in [6.07, 6.45) is 3.73. The van der Waals surface area contributed by atoms with Gasteiger partial charge < -0.3 is 9.51 Å². The zero-order valence-corrected chi connectivity index (χ0v) is 15.2. The van der Waals surface area contributed by atoms with Gasteiger partial charge in [0, 0.05) is 29.1 Å². The normalized spacial score (nSPS) is 11.2. The molecule has 0 bridgehead atoms. The van der Waals surface area contributed by atoms with E-state index >= 15 is 0 Å². The average Bonchev–Trinajstić information content (AvgIpc) is 3.35. The van der Waals surface area contributed by atoms with E-state index in [1.54, 1.807) is 6.92 Å². The first kappa shape index (κ1) is 17.0. The number of fused-ring (bicyclic) bond motifs is 1. The number of amides is 1. The number of hydrogen-bond donors (Lipinski definition) is 3. The summed E-state index contributed by atoms with van der Waals surface area (Å²) in [5.74, 6) is 1.46. The lowest BCUT2D eigenvalue weighted by atomic mass is 10.1. The summed E-state index contributed by atoms with van der Waals surface area (Å²) < 4.78 is 5.08. The molecule has 0 radical (unpaired) electrons. The number of aryl methyl sites for hydroxylation is 4. The Morgan fingerprint density at radius 2 is 2.07 bits per heavy atom. The zero-order chi connectivity index (χ0) is 18.8. The van der Waals surface area contributed by atoms with Crippen molar-refractivity contribution in [2.75, 3.05) is 5.32 Å². The minimum Gasteiger partial charge on any atom is -0.361 e. The number of carbonyl (C=O) groups is 1. The lowest BCUT2D eigenvalue weighted by Crippen LogP contribution is -2.16. The van der Waals surface area contributed by atoms with Gasteiger partial charge in [0.25, 0.3) is 0 Å². The van der Waals surface area contributed by atoms with E-state index in [2.05, 4.69) is 42.8 Å². The van der Waals surface area contributed by atoms with Crippen molar-refractivity contribution in [2.24, 2.45) is 0 Å². The van der Waals surface area contributed by atoms with Crippen LogP contribution in [0, 0.1) is 13.8 Å². The molecule has 0 spiro atoms. The summed E-state index contributed by atoms with van der Waals surface area (Å²) in [4.78, 5) is 19.8. The highest BCUT2D eigenvalue weighted by Gasteiger charge is 2.15. The number of carbonyl (C=O) groups excluding carboxylic acids is 1. The highest BCUT2D eigenvalue weighted by Crippen LogP contribution is 2.19. The number of hydrogen-bond acceptors (Lipinski definition) is 5. The van der Waals surface area contributed by atoms with Gasteiger partial charge in [0.15, 0.2) is 0 Å². The molecule has 138 valence electrons. The standard InChI is InChI=1S/C19H20N6O2/c1-11-15(12(2)27-25-11)9-18(26)22-19-21-17(23-24-19)8-7-13-10-20-16-6-4-3-5-14(13)16/h3-6,10,20H,7-9H2,1-2H3,(H2,21,22,23,24,26). The van der Waals surface area contributed by atoms with Crippen molar-refractivity contribution in [3.05, 3.63) is 58.9 Å². The van der Waals surface area contributed by atoms with Gasteiger partial charge in [-0.1, -0.05) is 23.4 Å². The third-order valence-corrected chi connectivity index (χ3v) is 4.61. The van der Waals surface area contributed by atoms with Crippen LogP contribution < -0.4 is 5.32 Å². The van der Waals surface area contributed by atoms with Gasteiger partial charge >= 0.3 is 0 Å². The molecule has 1 aromatic carbocycles. The molecule has 8 nitrogen and oxygen atoms in total. The molecule has 0 aliphatic carbocycles. The minimum absolute atomic E-state index is 0.181. The smallest absolute Gasteiger partial charge is 0.248 e. The maximum atomic E-state index is 12.2. The molecule has 0 fully saturated rings. The van der Waals surface area contributed by atoms with E-state index in [0.29, 0.717) is 12.2 Å². The first-order valence-corrected chi connectivity index (χ1v) is 8.78. The second-order valence-electron chi connectivity index (χ2n) is 6.49. The Bertz CT molecular complexity index is 1070. The maximum absolute atomic E-state index is 12.2. The van der Waals surface area contributed by atoms with Gasteiger partial charge in [-0.25, -0.2) is 0 Å². The van der Waals surface area contributed by atoms with Gasteiger partial charge in [-0.3, -0.25) is 15.2 Å². The van der Waals surface area contributed by atoms with Crippen molar-refractivity contribution in [1.29, 1.82) is 0 Å². The molecule has 8 heteroatoms. The number of aromatic amines is 2. The van der Waals surface area contributed by atoms with E-state index in [1.165, 1.54) is 10.9 Å². The van der Waals surface area contributed by atoms with Gasteiger partial charge in [0.1, 0.15) is 11.6 Å². The van der Waals surface area contributed by atoms with E-state index in [4.69, 9.17) is 4.52 Å². The highest BCUT2D eigenvalue weighted by atomic mass is 16.5. The second-order valence-corrected chi connectivity index (χ2v) is 6.49. The number of para-hydroxylation sites is 1. The van der Waals surface area contributed by atoms with Crippen LogP contribution in [0.1, 0.15) is 28.4 Å². The predicted octanol–water partition coefficient (Wildman–Crippen LogP) is 2.86. The van der Waals surface area contributed by atoms with Crippen molar-refractivity contribution in [1.82, 2.24) is 25.3 Å². The van der Waals surface area contributed by atoms with E-state index in [-0.39, 0.29) is 18.3 Å². The number of H-pyrrole nitrogens is 2. The lowest BCUT2D eigenvalue weighted by Gasteiger charge is -2.00. The fraction of sp³-hybridized carbons (Fsp3) is 0.263. The van der Waals surface area contributed by atoms with Gasteiger partial charge in [0.2, 0.25) is 11.9 Å². The fourth-order valence-electron chi connectivity index (χ4n) is 3.14. The van der Waals surface area contributed by atoms with Gasteiger partial charge in [-0.2, -0.15) is 4.98 Å². The van der Waals surface area contributed by atoms with Gasteiger partial charge in [0.05, 0.1) is 12.1 Å². The van der Waals surface area contributed by atoms with Crippen LogP contribution in [0.15, 0.2) is 35.0 Å². The van der Waals surface area contributed by atoms with Crippen LogP contribution in [0.5, 0.6) is 0 Å². The SMILES string of the molecule is Cc1noc(C)c1CC(=O)Nc1n[nH]c(CCc2c[nH]c3ccccc23)n1. The van der Waals surface area contributed by atoms with Crippen LogP contribution in [0.3, 0.4) is 0 Å². The molecule has 27 heavy (non-hydrogen) atoms. The van der Waals surface area contributed by atoms with E-state index in [1.807, 2.05) is 25.3 Å². The number of benzene rings is 1. The molecule has 0 saturated heterocycles. The Labute approximate surface area is 155 Å². The molecule has 0 aliphatic heterocycles. The molecule has 0 saturated carbocycles. The molecule has 3 aromatic heterocycles. The zero-order valence-electron chi connectivity index (χ0n) is 15.2. The highest BCUT2D eigenvalue weighted by molar-refractivity contribution is 5.90. The fourth-order valence-corrected chi connectivity index (χ4v) is 3.14. The Morgan fingerprint density at radius 1 is 1.22 bits per heavy atom. The third-order valence-electron chi connectivity index (χ3n) is 4.61. The summed E-state index contributed by atoms with van der Waals surface area (Å²) in [6.45, 7) is 3.60. The summed E-state index contributed by atoms with van der Waals surface area (Å²) >= 11 is 0. The van der Waals surface area contributed by atoms with E-state index < -0.39 is 0 Å². The molecule has 3 heterocycles. The van der Waals surface area contributed by atoms with Crippen LogP contribution in [0.25, 0.3) is 10.9 Å². The summed E-state index contributed by atoms with van der Waals surface area (Å²) in [5.41, 5.74) is 3.86. The molecule has 3 N–H and O–H groups in total. The topological polar surface area (TPSA) is 112 Å². The lowest BCUT2D eigenvalue weighted by molar-refractivity contribution is -0.115. The number of rotatable bonds is 6. The summed E-state index contributed by atoms with van der Waals surface area (Å²) in [5, 5.41) is 14.7. The maximum Gasteiger partial charge on any atom is 0.248 e. The quantitative estimate of drug-likeness (QED) is 0.487. The Hall–Kier alpha value is -3.42.